The van der Waals surface area contributed by atoms with Crippen molar-refractivity contribution in [3.8, 4) is 11.5 Å². The minimum absolute atomic E-state index is 0.0110. The van der Waals surface area contributed by atoms with E-state index >= 15 is 0 Å². The molecule has 9 heteroatoms. The molecule has 2 aliphatic rings. The van der Waals surface area contributed by atoms with E-state index in [1.165, 1.54) is 0 Å². The number of hydrogen-bond donors (Lipinski definition) is 2. The summed E-state index contributed by atoms with van der Waals surface area (Å²) in [5.74, 6) is 0.334. The molecule has 0 spiro atoms. The van der Waals surface area contributed by atoms with Crippen LogP contribution < -0.4 is 0 Å². The van der Waals surface area contributed by atoms with E-state index in [1.807, 2.05) is 45.0 Å². The molecule has 0 atom stereocenters. The molecule has 3 aromatic rings. The fraction of sp³-hybridized carbons (Fsp3) is 0.346. The van der Waals surface area contributed by atoms with Crippen LogP contribution >= 0.6 is 0 Å². The lowest BCUT2D eigenvalue weighted by atomic mass is 10.1. The number of amides is 1. The normalized spacial score (nSPS) is 17.3. The molecule has 0 bridgehead atoms. The molecule has 1 amide bonds. The molecule has 1 fully saturated rings. The van der Waals surface area contributed by atoms with E-state index in [0.717, 1.165) is 11.3 Å². The van der Waals surface area contributed by atoms with Crippen molar-refractivity contribution in [3.63, 3.8) is 0 Å². The number of phenolic OH excluding ortho intramolecular Hbond substituents is 1. The zero-order chi connectivity index (χ0) is 24.7. The van der Waals surface area contributed by atoms with Crippen molar-refractivity contribution < 1.29 is 24.2 Å². The van der Waals surface area contributed by atoms with Crippen molar-refractivity contribution >= 4 is 34.5 Å². The summed E-state index contributed by atoms with van der Waals surface area (Å²) in [5.41, 5.74) is 2.69. The molecule has 1 saturated heterocycles. The lowest BCUT2D eigenvalue weighted by Gasteiger charge is -2.35. The summed E-state index contributed by atoms with van der Waals surface area (Å²) in [7, 11) is 0. The highest BCUT2D eigenvalue weighted by Gasteiger charge is 2.27. The minimum Gasteiger partial charge on any atom is -0.507 e. The molecule has 0 aliphatic carbocycles. The molecule has 182 valence electrons. The first-order valence-electron chi connectivity index (χ1n) is 11.6. The molecule has 0 saturated carbocycles. The van der Waals surface area contributed by atoms with Gasteiger partial charge < -0.3 is 24.3 Å². The number of phenols is 1. The third kappa shape index (κ3) is 4.59. The van der Waals surface area contributed by atoms with Gasteiger partial charge in [-0.2, -0.15) is 0 Å². The van der Waals surface area contributed by atoms with Gasteiger partial charge in [0.2, 0.25) is 0 Å². The molecular weight excluding hydrogens is 448 g/mol. The number of fused-ring (bicyclic) bond motifs is 2. The summed E-state index contributed by atoms with van der Waals surface area (Å²) < 4.78 is 11.5. The van der Waals surface area contributed by atoms with Crippen LogP contribution in [0.1, 0.15) is 37.7 Å². The average Bonchev–Trinajstić information content (AvgIpc) is 3.36. The summed E-state index contributed by atoms with van der Waals surface area (Å²) in [4.78, 5) is 16.2. The summed E-state index contributed by atoms with van der Waals surface area (Å²) in [5, 5.41) is 30.3. The van der Waals surface area contributed by atoms with E-state index in [1.54, 1.807) is 23.1 Å². The molecule has 2 aliphatic heterocycles. The largest absolute Gasteiger partial charge is 0.507 e. The van der Waals surface area contributed by atoms with E-state index in [2.05, 4.69) is 15.1 Å². The zero-order valence-corrected chi connectivity index (χ0v) is 20.0. The number of nitrogens with zero attached hydrogens (tertiary/aromatic N) is 4. The number of hydrogen-bond acceptors (Lipinski definition) is 8. The summed E-state index contributed by atoms with van der Waals surface area (Å²) in [6, 6.07) is 10.8. The summed E-state index contributed by atoms with van der Waals surface area (Å²) in [6.07, 6.45) is 1.34. The minimum atomic E-state index is -0.536. The van der Waals surface area contributed by atoms with Crippen LogP contribution in [0.2, 0.25) is 0 Å². The molecule has 0 radical (unpaired) electrons. The molecule has 0 unspecified atom stereocenters. The highest BCUT2D eigenvalue weighted by atomic mass is 16.6. The number of carbonyl (C=O) groups excluding carboxylic acids is 1. The Bertz CT molecular complexity index is 1340. The number of furan rings is 1. The Morgan fingerprint density at radius 3 is 2.57 bits per heavy atom. The van der Waals surface area contributed by atoms with Gasteiger partial charge in [0.1, 0.15) is 16.9 Å². The number of azo groups is 1. The Morgan fingerprint density at radius 2 is 1.83 bits per heavy atom. The van der Waals surface area contributed by atoms with Gasteiger partial charge in [-0.1, -0.05) is 18.2 Å². The van der Waals surface area contributed by atoms with Gasteiger partial charge in [-0.15, -0.1) is 10.2 Å². The van der Waals surface area contributed by atoms with Crippen LogP contribution in [-0.2, 0) is 11.3 Å². The van der Waals surface area contributed by atoms with Crippen LogP contribution in [0.3, 0.4) is 0 Å². The molecule has 2 aromatic carbocycles. The molecule has 9 nitrogen and oxygen atoms in total. The van der Waals surface area contributed by atoms with Gasteiger partial charge in [0, 0.05) is 44.4 Å². The second kappa shape index (κ2) is 8.74. The van der Waals surface area contributed by atoms with Gasteiger partial charge in [0.05, 0.1) is 22.3 Å². The third-order valence-electron chi connectivity index (χ3n) is 6.06. The fourth-order valence-corrected chi connectivity index (χ4v) is 4.27. The smallest absolute Gasteiger partial charge is 0.410 e. The van der Waals surface area contributed by atoms with E-state index in [4.69, 9.17) is 9.15 Å². The van der Waals surface area contributed by atoms with E-state index in [-0.39, 0.29) is 23.4 Å². The van der Waals surface area contributed by atoms with Gasteiger partial charge in [0.25, 0.3) is 0 Å². The third-order valence-corrected chi connectivity index (χ3v) is 6.06. The molecule has 3 heterocycles. The van der Waals surface area contributed by atoms with Crippen molar-refractivity contribution in [3.05, 3.63) is 53.3 Å². The van der Waals surface area contributed by atoms with Gasteiger partial charge in [-0.25, -0.2) is 4.79 Å². The molecule has 1 aromatic heterocycles. The fourth-order valence-electron chi connectivity index (χ4n) is 4.27. The quantitative estimate of drug-likeness (QED) is 0.517. The maximum absolute atomic E-state index is 12.3. The SMILES string of the molecule is CC(C)(C)OC(=O)N1CCN(Cc2c(O)ccc3c(O)c(C=C4N=Nc5ccccc54)oc23)CC1. The van der Waals surface area contributed by atoms with Gasteiger partial charge in [-0.05, 0) is 39.0 Å². The first-order chi connectivity index (χ1) is 16.7. The van der Waals surface area contributed by atoms with Crippen LogP contribution in [0, 0.1) is 0 Å². The average molecular weight is 477 g/mol. The lowest BCUT2D eigenvalue weighted by molar-refractivity contribution is 0.0138. The standard InChI is InChI=1S/C26H28N4O5/c1-26(2,3)35-25(33)30-12-10-29(11-13-30)15-18-21(31)9-8-17-23(32)22(34-24(17)18)14-20-16-6-4-5-7-19(16)27-28-20/h4-9,14,31-32H,10-13,15H2,1-3H3. The summed E-state index contributed by atoms with van der Waals surface area (Å²) in [6.45, 7) is 8.25. The highest BCUT2D eigenvalue weighted by molar-refractivity contribution is 5.95. The van der Waals surface area contributed by atoms with Crippen molar-refractivity contribution in [1.29, 1.82) is 0 Å². The van der Waals surface area contributed by atoms with E-state index in [0.29, 0.717) is 55.0 Å². The molecular formula is C26H28N4O5. The van der Waals surface area contributed by atoms with E-state index in [9.17, 15) is 15.0 Å². The first kappa shape index (κ1) is 22.9. The number of rotatable bonds is 3. The van der Waals surface area contributed by atoms with Crippen molar-refractivity contribution in [2.45, 2.75) is 32.9 Å². The molecule has 5 rings (SSSR count). The number of benzene rings is 2. The van der Waals surface area contributed by atoms with Crippen LogP contribution in [-0.4, -0.2) is 57.9 Å². The Hall–Kier alpha value is -3.85. The number of aromatic hydroxyl groups is 2. The number of piperazine rings is 1. The molecule has 35 heavy (non-hydrogen) atoms. The Kier molecular flexibility index (Phi) is 5.72. The first-order valence-corrected chi connectivity index (χ1v) is 11.6. The predicted octanol–water partition coefficient (Wildman–Crippen LogP) is 5.49. The van der Waals surface area contributed by atoms with Crippen molar-refractivity contribution in [2.24, 2.45) is 10.2 Å². The van der Waals surface area contributed by atoms with Crippen LogP contribution in [0.25, 0.3) is 22.7 Å². The lowest BCUT2D eigenvalue weighted by Crippen LogP contribution is -2.49. The maximum Gasteiger partial charge on any atom is 0.410 e. The Labute approximate surface area is 202 Å². The monoisotopic (exact) mass is 476 g/mol. The van der Waals surface area contributed by atoms with Gasteiger partial charge >= 0.3 is 6.09 Å². The summed E-state index contributed by atoms with van der Waals surface area (Å²) >= 11 is 0. The Balaban J connectivity index is 1.37. The second-order valence-electron chi connectivity index (χ2n) is 9.75. The van der Waals surface area contributed by atoms with Gasteiger partial charge in [0.15, 0.2) is 11.5 Å². The predicted molar refractivity (Wildman–Crippen MR) is 131 cm³/mol. The second-order valence-corrected chi connectivity index (χ2v) is 9.75. The number of ether oxygens (including phenoxy) is 1. The maximum atomic E-state index is 12.3. The van der Waals surface area contributed by atoms with Gasteiger partial charge in [-0.3, -0.25) is 4.90 Å². The van der Waals surface area contributed by atoms with Crippen molar-refractivity contribution in [2.75, 3.05) is 26.2 Å². The number of carbonyl (C=O) groups is 1. The van der Waals surface area contributed by atoms with Crippen molar-refractivity contribution in [1.82, 2.24) is 9.80 Å². The van der Waals surface area contributed by atoms with Crippen LogP contribution in [0.5, 0.6) is 11.5 Å². The van der Waals surface area contributed by atoms with Crippen LogP contribution in [0.15, 0.2) is 51.0 Å². The van der Waals surface area contributed by atoms with Crippen LogP contribution in [0.4, 0.5) is 10.5 Å². The Morgan fingerprint density at radius 1 is 1.09 bits per heavy atom. The zero-order valence-electron chi connectivity index (χ0n) is 20.0. The molecule has 2 N–H and O–H groups in total. The van der Waals surface area contributed by atoms with E-state index < -0.39 is 5.60 Å². The topological polar surface area (TPSA) is 111 Å². The highest BCUT2D eigenvalue weighted by Crippen LogP contribution is 2.42.